The van der Waals surface area contributed by atoms with Gasteiger partial charge in [-0.15, -0.1) is 11.6 Å². The zero-order valence-electron chi connectivity index (χ0n) is 10.8. The van der Waals surface area contributed by atoms with Gasteiger partial charge in [0.2, 0.25) is 5.91 Å². The standard InChI is InChI=1S/C13H24ClNO/c1-9(2)11(14)8-15-12(16)10-6-5-7-13(10,3)4/h9-11H,5-8H2,1-4H3,(H,15,16). The molecule has 0 aromatic heterocycles. The van der Waals surface area contributed by atoms with Crippen molar-refractivity contribution in [3.8, 4) is 0 Å². The molecule has 0 radical (unpaired) electrons. The second-order valence-corrected chi connectivity index (χ2v) is 6.50. The van der Waals surface area contributed by atoms with Crippen molar-refractivity contribution >= 4 is 17.5 Å². The van der Waals surface area contributed by atoms with Gasteiger partial charge in [-0.2, -0.15) is 0 Å². The smallest absolute Gasteiger partial charge is 0.223 e. The van der Waals surface area contributed by atoms with Crippen LogP contribution in [0, 0.1) is 17.3 Å². The van der Waals surface area contributed by atoms with Crippen molar-refractivity contribution in [2.24, 2.45) is 17.3 Å². The molecule has 1 aliphatic rings. The molecule has 0 aliphatic heterocycles. The summed E-state index contributed by atoms with van der Waals surface area (Å²) in [5.41, 5.74) is 0.156. The predicted octanol–water partition coefficient (Wildman–Crippen LogP) is 3.19. The highest BCUT2D eigenvalue weighted by Gasteiger charge is 2.39. The molecular formula is C13H24ClNO. The van der Waals surface area contributed by atoms with E-state index >= 15 is 0 Å². The van der Waals surface area contributed by atoms with Gasteiger partial charge in [0, 0.05) is 12.5 Å². The minimum atomic E-state index is 0.0356. The SMILES string of the molecule is CC(C)C(Cl)CNC(=O)C1CCCC1(C)C. The molecule has 0 bridgehead atoms. The lowest BCUT2D eigenvalue weighted by Crippen LogP contribution is -2.39. The molecule has 0 spiro atoms. The second-order valence-electron chi connectivity index (χ2n) is 5.94. The summed E-state index contributed by atoms with van der Waals surface area (Å²) in [4.78, 5) is 12.0. The van der Waals surface area contributed by atoms with Gasteiger partial charge >= 0.3 is 0 Å². The molecule has 94 valence electrons. The van der Waals surface area contributed by atoms with Crippen LogP contribution in [0.2, 0.25) is 0 Å². The number of nitrogens with one attached hydrogen (secondary N) is 1. The van der Waals surface area contributed by atoms with Gasteiger partial charge in [0.1, 0.15) is 0 Å². The van der Waals surface area contributed by atoms with Crippen molar-refractivity contribution < 1.29 is 4.79 Å². The molecule has 1 fully saturated rings. The van der Waals surface area contributed by atoms with Crippen LogP contribution in [-0.2, 0) is 4.79 Å². The number of carbonyl (C=O) groups is 1. The van der Waals surface area contributed by atoms with Gasteiger partial charge in [-0.25, -0.2) is 0 Å². The van der Waals surface area contributed by atoms with Gasteiger partial charge in [0.05, 0.1) is 5.38 Å². The molecular weight excluding hydrogens is 222 g/mol. The van der Waals surface area contributed by atoms with Crippen LogP contribution in [0.15, 0.2) is 0 Å². The van der Waals surface area contributed by atoms with E-state index in [9.17, 15) is 4.79 Å². The molecule has 1 N–H and O–H groups in total. The highest BCUT2D eigenvalue weighted by molar-refractivity contribution is 6.21. The number of rotatable bonds is 4. The largest absolute Gasteiger partial charge is 0.354 e. The van der Waals surface area contributed by atoms with E-state index in [1.54, 1.807) is 0 Å². The van der Waals surface area contributed by atoms with Crippen molar-refractivity contribution in [1.29, 1.82) is 0 Å². The summed E-state index contributed by atoms with van der Waals surface area (Å²) in [7, 11) is 0. The fourth-order valence-electron chi connectivity index (χ4n) is 2.37. The molecule has 1 aliphatic carbocycles. The van der Waals surface area contributed by atoms with E-state index < -0.39 is 0 Å². The Morgan fingerprint density at radius 1 is 1.50 bits per heavy atom. The molecule has 0 aromatic carbocycles. The topological polar surface area (TPSA) is 29.1 Å². The number of hydrogen-bond acceptors (Lipinski definition) is 1. The lowest BCUT2D eigenvalue weighted by Gasteiger charge is -2.26. The van der Waals surface area contributed by atoms with Crippen LogP contribution in [0.3, 0.4) is 0 Å². The first-order valence-electron chi connectivity index (χ1n) is 6.26. The maximum Gasteiger partial charge on any atom is 0.223 e. The van der Waals surface area contributed by atoms with Crippen LogP contribution in [0.25, 0.3) is 0 Å². The summed E-state index contributed by atoms with van der Waals surface area (Å²) in [5, 5.41) is 3.03. The van der Waals surface area contributed by atoms with E-state index in [4.69, 9.17) is 11.6 Å². The Balaban J connectivity index is 2.41. The quantitative estimate of drug-likeness (QED) is 0.758. The normalized spacial score (nSPS) is 25.8. The first-order valence-corrected chi connectivity index (χ1v) is 6.70. The predicted molar refractivity (Wildman–Crippen MR) is 68.6 cm³/mol. The monoisotopic (exact) mass is 245 g/mol. The summed E-state index contributed by atoms with van der Waals surface area (Å²) in [6, 6.07) is 0. The number of carbonyl (C=O) groups excluding carboxylic acids is 1. The van der Waals surface area contributed by atoms with Crippen LogP contribution in [0.5, 0.6) is 0 Å². The third-order valence-corrected chi connectivity index (χ3v) is 4.43. The van der Waals surface area contributed by atoms with Crippen molar-refractivity contribution in [2.45, 2.75) is 52.3 Å². The molecule has 2 unspecified atom stereocenters. The van der Waals surface area contributed by atoms with E-state index in [2.05, 4.69) is 33.0 Å². The van der Waals surface area contributed by atoms with E-state index in [1.165, 1.54) is 6.42 Å². The Kier molecular flexibility index (Phi) is 4.66. The Morgan fingerprint density at radius 2 is 2.12 bits per heavy atom. The number of amides is 1. The van der Waals surface area contributed by atoms with Crippen molar-refractivity contribution in [1.82, 2.24) is 5.32 Å². The van der Waals surface area contributed by atoms with Gasteiger partial charge in [-0.1, -0.05) is 34.1 Å². The van der Waals surface area contributed by atoms with Crippen LogP contribution in [0.4, 0.5) is 0 Å². The third kappa shape index (κ3) is 3.38. The maximum atomic E-state index is 12.0. The Labute approximate surface area is 104 Å². The van der Waals surface area contributed by atoms with Gasteiger partial charge in [-0.3, -0.25) is 4.79 Å². The van der Waals surface area contributed by atoms with E-state index in [0.29, 0.717) is 12.5 Å². The number of alkyl halides is 1. The zero-order valence-corrected chi connectivity index (χ0v) is 11.6. The van der Waals surface area contributed by atoms with Crippen molar-refractivity contribution in [2.75, 3.05) is 6.54 Å². The van der Waals surface area contributed by atoms with E-state index in [0.717, 1.165) is 12.8 Å². The van der Waals surface area contributed by atoms with Crippen LogP contribution in [0.1, 0.15) is 47.0 Å². The lowest BCUT2D eigenvalue weighted by molar-refractivity contribution is -0.127. The highest BCUT2D eigenvalue weighted by atomic mass is 35.5. The molecule has 3 heteroatoms. The first kappa shape index (κ1) is 13.8. The molecule has 2 atom stereocenters. The minimum Gasteiger partial charge on any atom is -0.354 e. The summed E-state index contributed by atoms with van der Waals surface area (Å²) in [5.74, 6) is 0.760. The van der Waals surface area contributed by atoms with Gasteiger partial charge in [0.15, 0.2) is 0 Å². The van der Waals surface area contributed by atoms with Gasteiger partial charge in [-0.05, 0) is 24.2 Å². The average molecular weight is 246 g/mol. The summed E-state index contributed by atoms with van der Waals surface area (Å²) in [6.07, 6.45) is 3.34. The molecule has 1 amide bonds. The average Bonchev–Trinajstić information content (AvgIpc) is 2.53. The molecule has 1 rings (SSSR count). The summed E-state index contributed by atoms with van der Waals surface area (Å²) >= 11 is 6.12. The summed E-state index contributed by atoms with van der Waals surface area (Å²) < 4.78 is 0. The van der Waals surface area contributed by atoms with Crippen LogP contribution < -0.4 is 5.32 Å². The van der Waals surface area contributed by atoms with Crippen molar-refractivity contribution in [3.63, 3.8) is 0 Å². The molecule has 1 saturated carbocycles. The third-order valence-electron chi connectivity index (χ3n) is 3.77. The highest BCUT2D eigenvalue weighted by Crippen LogP contribution is 2.42. The number of hydrogen-bond donors (Lipinski definition) is 1. The maximum absolute atomic E-state index is 12.0. The van der Waals surface area contributed by atoms with Crippen LogP contribution >= 0.6 is 11.6 Å². The van der Waals surface area contributed by atoms with E-state index in [-0.39, 0.29) is 22.6 Å². The van der Waals surface area contributed by atoms with Gasteiger partial charge < -0.3 is 5.32 Å². The molecule has 16 heavy (non-hydrogen) atoms. The molecule has 0 saturated heterocycles. The Hall–Kier alpha value is -0.240. The second kappa shape index (κ2) is 5.39. The fraction of sp³-hybridized carbons (Fsp3) is 0.923. The Morgan fingerprint density at radius 3 is 2.56 bits per heavy atom. The van der Waals surface area contributed by atoms with E-state index in [1.807, 2.05) is 0 Å². The number of halogens is 1. The molecule has 0 heterocycles. The minimum absolute atomic E-state index is 0.0356. The Bertz CT molecular complexity index is 250. The zero-order chi connectivity index (χ0) is 12.3. The van der Waals surface area contributed by atoms with Gasteiger partial charge in [0.25, 0.3) is 0 Å². The van der Waals surface area contributed by atoms with Crippen molar-refractivity contribution in [3.05, 3.63) is 0 Å². The molecule has 2 nitrogen and oxygen atoms in total. The molecule has 0 aromatic rings. The first-order chi connectivity index (χ1) is 7.34. The van der Waals surface area contributed by atoms with Crippen LogP contribution in [-0.4, -0.2) is 17.8 Å². The lowest BCUT2D eigenvalue weighted by atomic mass is 9.81. The fourth-order valence-corrected chi connectivity index (χ4v) is 2.45. The summed E-state index contributed by atoms with van der Waals surface area (Å²) in [6.45, 7) is 9.10.